The van der Waals surface area contributed by atoms with Crippen LogP contribution in [0.25, 0.3) is 0 Å². The molecule has 0 aromatic heterocycles. The zero-order chi connectivity index (χ0) is 8.72. The van der Waals surface area contributed by atoms with E-state index in [4.69, 9.17) is 5.73 Å². The molecule has 1 aliphatic carbocycles. The Balaban J connectivity index is 2.64. The summed E-state index contributed by atoms with van der Waals surface area (Å²) in [5.41, 5.74) is 7.62. The molecule has 2 rings (SSSR count). The molecule has 0 bridgehead atoms. The van der Waals surface area contributed by atoms with Crippen molar-refractivity contribution in [1.82, 2.24) is 0 Å². The van der Waals surface area contributed by atoms with Crippen molar-refractivity contribution in [2.45, 2.75) is 18.9 Å². The van der Waals surface area contributed by atoms with Crippen molar-refractivity contribution in [3.63, 3.8) is 0 Å². The van der Waals surface area contributed by atoms with Gasteiger partial charge in [-0.05, 0) is 53.1 Å². The number of halogens is 2. The van der Waals surface area contributed by atoms with Gasteiger partial charge in [0, 0.05) is 15.2 Å². The third-order valence-electron chi connectivity index (χ3n) is 2.32. The van der Waals surface area contributed by atoms with Crippen molar-refractivity contribution in [1.29, 1.82) is 0 Å². The van der Waals surface area contributed by atoms with Crippen molar-refractivity contribution in [3.05, 3.63) is 32.6 Å². The van der Waals surface area contributed by atoms with Crippen molar-refractivity contribution in [2.75, 3.05) is 0 Å². The van der Waals surface area contributed by atoms with E-state index in [9.17, 15) is 4.39 Å². The summed E-state index contributed by atoms with van der Waals surface area (Å²) in [7, 11) is 0. The maximum absolute atomic E-state index is 13.2. The first-order valence-corrected chi connectivity index (χ1v) is 5.00. The van der Waals surface area contributed by atoms with Gasteiger partial charge in [-0.1, -0.05) is 0 Å². The summed E-state index contributed by atoms with van der Waals surface area (Å²) in [5, 5.41) is 0. The summed E-state index contributed by atoms with van der Waals surface area (Å²) >= 11 is 2.23. The third-order valence-corrected chi connectivity index (χ3v) is 3.33. The highest BCUT2D eigenvalue weighted by molar-refractivity contribution is 14.1. The molecule has 0 saturated heterocycles. The van der Waals surface area contributed by atoms with E-state index in [1.54, 1.807) is 0 Å². The standard InChI is InChI=1S/C9H9FIN/c10-6-2-3-7(11)5-1-4-8(12)9(5)6/h2-3,8H,1,4,12H2/t8-/m0/s1. The van der Waals surface area contributed by atoms with Crippen LogP contribution in [0.15, 0.2) is 12.1 Å². The van der Waals surface area contributed by atoms with E-state index in [0.29, 0.717) is 0 Å². The summed E-state index contributed by atoms with van der Waals surface area (Å²) in [5.74, 6) is -0.143. The molecule has 1 atom stereocenters. The largest absolute Gasteiger partial charge is 0.324 e. The summed E-state index contributed by atoms with van der Waals surface area (Å²) < 4.78 is 14.4. The quantitative estimate of drug-likeness (QED) is 0.724. The van der Waals surface area contributed by atoms with Gasteiger partial charge in [0.2, 0.25) is 0 Å². The van der Waals surface area contributed by atoms with E-state index in [1.165, 1.54) is 6.07 Å². The van der Waals surface area contributed by atoms with E-state index in [0.717, 1.165) is 27.5 Å². The van der Waals surface area contributed by atoms with Crippen LogP contribution in [0, 0.1) is 9.39 Å². The Kier molecular flexibility index (Phi) is 2.08. The lowest BCUT2D eigenvalue weighted by atomic mass is 10.1. The van der Waals surface area contributed by atoms with Gasteiger partial charge in [0.25, 0.3) is 0 Å². The Morgan fingerprint density at radius 1 is 1.50 bits per heavy atom. The van der Waals surface area contributed by atoms with Crippen LogP contribution in [-0.2, 0) is 6.42 Å². The molecule has 1 nitrogen and oxygen atoms in total. The third kappa shape index (κ3) is 1.15. The Labute approximate surface area is 84.3 Å². The van der Waals surface area contributed by atoms with Gasteiger partial charge in [0.05, 0.1) is 0 Å². The molecule has 12 heavy (non-hydrogen) atoms. The lowest BCUT2D eigenvalue weighted by Crippen LogP contribution is -2.07. The first kappa shape index (κ1) is 8.44. The predicted molar refractivity (Wildman–Crippen MR) is 54.4 cm³/mol. The fraction of sp³-hybridized carbons (Fsp3) is 0.333. The van der Waals surface area contributed by atoms with Gasteiger partial charge >= 0.3 is 0 Å². The highest BCUT2D eigenvalue weighted by Gasteiger charge is 2.24. The van der Waals surface area contributed by atoms with E-state index in [1.807, 2.05) is 6.07 Å². The second-order valence-electron chi connectivity index (χ2n) is 3.07. The molecule has 0 saturated carbocycles. The molecular formula is C9H9FIN. The van der Waals surface area contributed by atoms with Crippen LogP contribution in [0.1, 0.15) is 23.6 Å². The maximum Gasteiger partial charge on any atom is 0.128 e. The Bertz CT molecular complexity index is 325. The molecule has 0 amide bonds. The maximum atomic E-state index is 13.2. The lowest BCUT2D eigenvalue weighted by Gasteiger charge is -2.06. The summed E-state index contributed by atoms with van der Waals surface area (Å²) in [6.07, 6.45) is 1.80. The van der Waals surface area contributed by atoms with E-state index in [2.05, 4.69) is 22.6 Å². The molecule has 0 unspecified atom stereocenters. The zero-order valence-electron chi connectivity index (χ0n) is 6.48. The van der Waals surface area contributed by atoms with Crippen molar-refractivity contribution < 1.29 is 4.39 Å². The molecule has 2 N–H and O–H groups in total. The van der Waals surface area contributed by atoms with Gasteiger partial charge in [0.1, 0.15) is 5.82 Å². The van der Waals surface area contributed by atoms with Crippen LogP contribution in [0.5, 0.6) is 0 Å². The van der Waals surface area contributed by atoms with Gasteiger partial charge < -0.3 is 5.73 Å². The predicted octanol–water partition coefficient (Wildman–Crippen LogP) is 2.38. The van der Waals surface area contributed by atoms with Gasteiger partial charge in [-0.15, -0.1) is 0 Å². The van der Waals surface area contributed by atoms with E-state index < -0.39 is 0 Å². The molecule has 0 radical (unpaired) electrons. The average Bonchev–Trinajstić information content (AvgIpc) is 2.42. The van der Waals surface area contributed by atoms with E-state index >= 15 is 0 Å². The normalized spacial score (nSPS) is 21.1. The first-order chi connectivity index (χ1) is 5.70. The van der Waals surface area contributed by atoms with Crippen molar-refractivity contribution in [3.8, 4) is 0 Å². The number of hydrogen-bond acceptors (Lipinski definition) is 1. The smallest absolute Gasteiger partial charge is 0.128 e. The SMILES string of the molecule is N[C@H]1CCc2c(I)ccc(F)c21. The van der Waals surface area contributed by atoms with Crippen LogP contribution in [0.2, 0.25) is 0 Å². The number of benzene rings is 1. The number of nitrogens with two attached hydrogens (primary N) is 1. The molecule has 64 valence electrons. The first-order valence-electron chi connectivity index (χ1n) is 3.92. The van der Waals surface area contributed by atoms with E-state index in [-0.39, 0.29) is 11.9 Å². The van der Waals surface area contributed by atoms with Crippen LogP contribution in [0.4, 0.5) is 4.39 Å². The minimum Gasteiger partial charge on any atom is -0.324 e. The topological polar surface area (TPSA) is 26.0 Å². The average molecular weight is 277 g/mol. The monoisotopic (exact) mass is 277 g/mol. The second-order valence-corrected chi connectivity index (χ2v) is 4.23. The van der Waals surface area contributed by atoms with Gasteiger partial charge in [0.15, 0.2) is 0 Å². The van der Waals surface area contributed by atoms with Crippen LogP contribution in [0.3, 0.4) is 0 Å². The minimum absolute atomic E-state index is 0.0882. The molecule has 0 aliphatic heterocycles. The number of rotatable bonds is 0. The van der Waals surface area contributed by atoms with Crippen LogP contribution >= 0.6 is 22.6 Å². The molecule has 1 aliphatic rings. The lowest BCUT2D eigenvalue weighted by molar-refractivity contribution is 0.588. The van der Waals surface area contributed by atoms with Crippen molar-refractivity contribution in [2.24, 2.45) is 5.73 Å². The zero-order valence-corrected chi connectivity index (χ0v) is 8.64. The molecule has 1 aromatic carbocycles. The summed E-state index contributed by atoms with van der Waals surface area (Å²) in [4.78, 5) is 0. The molecule has 0 fully saturated rings. The molecule has 0 spiro atoms. The molecule has 3 heteroatoms. The van der Waals surface area contributed by atoms with Crippen LogP contribution < -0.4 is 5.73 Å². The Hall–Kier alpha value is -0.160. The summed E-state index contributed by atoms with van der Waals surface area (Å²) in [6.45, 7) is 0. The molecule has 0 heterocycles. The fourth-order valence-electron chi connectivity index (χ4n) is 1.71. The van der Waals surface area contributed by atoms with Gasteiger partial charge in [-0.3, -0.25) is 0 Å². The second kappa shape index (κ2) is 2.96. The van der Waals surface area contributed by atoms with Gasteiger partial charge in [-0.2, -0.15) is 0 Å². The molecular weight excluding hydrogens is 268 g/mol. The van der Waals surface area contributed by atoms with Crippen LogP contribution in [-0.4, -0.2) is 0 Å². The Morgan fingerprint density at radius 2 is 2.25 bits per heavy atom. The highest BCUT2D eigenvalue weighted by atomic mass is 127. The highest BCUT2D eigenvalue weighted by Crippen LogP contribution is 2.34. The fourth-order valence-corrected chi connectivity index (χ4v) is 2.45. The number of hydrogen-bond donors (Lipinski definition) is 1. The minimum atomic E-state index is -0.143. The molecule has 1 aromatic rings. The van der Waals surface area contributed by atoms with Crippen molar-refractivity contribution >= 4 is 22.6 Å². The van der Waals surface area contributed by atoms with Gasteiger partial charge in [-0.25, -0.2) is 4.39 Å². The Morgan fingerprint density at radius 3 is 2.92 bits per heavy atom. The number of fused-ring (bicyclic) bond motifs is 1. The summed E-state index contributed by atoms with van der Waals surface area (Å²) in [6, 6.07) is 3.23.